The number of thioether (sulfide) groups is 1. The molecule has 1 aliphatic rings. The minimum atomic E-state index is -0.403. The summed E-state index contributed by atoms with van der Waals surface area (Å²) in [6.07, 6.45) is 1.78. The molecule has 1 aromatic carbocycles. The monoisotopic (exact) mass is 410 g/mol. The van der Waals surface area contributed by atoms with Gasteiger partial charge in [0.05, 0.1) is 29.3 Å². The van der Waals surface area contributed by atoms with Crippen molar-refractivity contribution in [2.45, 2.75) is 37.6 Å². The van der Waals surface area contributed by atoms with Crippen LogP contribution in [0.25, 0.3) is 10.9 Å². The number of hydrogen-bond acceptors (Lipinski definition) is 6. The van der Waals surface area contributed by atoms with E-state index in [0.717, 1.165) is 24.6 Å². The summed E-state index contributed by atoms with van der Waals surface area (Å²) in [6, 6.07) is 4.92. The van der Waals surface area contributed by atoms with Crippen LogP contribution in [0, 0.1) is 0 Å². The Kier molecular flexibility index (Phi) is 6.35. The minimum absolute atomic E-state index is 0.00961. The Morgan fingerprint density at radius 2 is 2.22 bits per heavy atom. The molecule has 8 nitrogen and oxygen atoms in total. The smallest absolute Gasteiger partial charge is 0.262 e. The molecule has 0 unspecified atom stereocenters. The molecule has 3 rings (SSSR count). The third-order valence-electron chi connectivity index (χ3n) is 4.00. The van der Waals surface area contributed by atoms with E-state index in [2.05, 4.69) is 15.8 Å². The fraction of sp³-hybridized carbons (Fsp3) is 0.412. The molecule has 0 aliphatic carbocycles. The van der Waals surface area contributed by atoms with Gasteiger partial charge in [-0.05, 0) is 31.0 Å². The number of halogens is 1. The van der Waals surface area contributed by atoms with Crippen LogP contribution < -0.4 is 16.4 Å². The van der Waals surface area contributed by atoms with Gasteiger partial charge in [-0.2, -0.15) is 0 Å². The number of rotatable bonds is 5. The zero-order valence-electron chi connectivity index (χ0n) is 14.7. The van der Waals surface area contributed by atoms with E-state index in [4.69, 9.17) is 16.3 Å². The molecule has 2 N–H and O–H groups in total. The Balaban J connectivity index is 1.88. The summed E-state index contributed by atoms with van der Waals surface area (Å²) in [5.41, 5.74) is 4.79. The molecule has 1 aliphatic heterocycles. The first kappa shape index (κ1) is 19.7. The maximum Gasteiger partial charge on any atom is 0.262 e. The van der Waals surface area contributed by atoms with Gasteiger partial charge < -0.3 is 4.74 Å². The molecular formula is C17H19ClN4O4S. The predicted octanol–water partition coefficient (Wildman–Crippen LogP) is 1.49. The van der Waals surface area contributed by atoms with E-state index in [-0.39, 0.29) is 23.3 Å². The SMILES string of the molecule is CC(=O)NNC(=O)CSc1nc2cc(Cl)ccc2c(=O)n1C[C@H]1CCCO1. The van der Waals surface area contributed by atoms with Gasteiger partial charge >= 0.3 is 0 Å². The molecule has 2 amide bonds. The quantitative estimate of drug-likeness (QED) is 0.440. The number of benzene rings is 1. The van der Waals surface area contributed by atoms with Gasteiger partial charge in [-0.15, -0.1) is 0 Å². The lowest BCUT2D eigenvalue weighted by Crippen LogP contribution is -2.41. The fourth-order valence-electron chi connectivity index (χ4n) is 2.76. The van der Waals surface area contributed by atoms with E-state index in [0.29, 0.717) is 34.2 Å². The second kappa shape index (κ2) is 8.73. The lowest BCUT2D eigenvalue weighted by molar-refractivity contribution is -0.126. The van der Waals surface area contributed by atoms with Crippen molar-refractivity contribution in [2.75, 3.05) is 12.4 Å². The van der Waals surface area contributed by atoms with Gasteiger partial charge in [0.15, 0.2) is 5.16 Å². The molecule has 0 saturated carbocycles. The first-order valence-corrected chi connectivity index (χ1v) is 9.80. The summed E-state index contributed by atoms with van der Waals surface area (Å²) in [5, 5.41) is 1.35. The van der Waals surface area contributed by atoms with Crippen molar-refractivity contribution in [2.24, 2.45) is 0 Å². The summed E-state index contributed by atoms with van der Waals surface area (Å²) in [6.45, 7) is 2.35. The van der Waals surface area contributed by atoms with Gasteiger partial charge in [0.2, 0.25) is 11.8 Å². The summed E-state index contributed by atoms with van der Waals surface area (Å²) in [7, 11) is 0. The molecule has 1 saturated heterocycles. The van der Waals surface area contributed by atoms with E-state index in [1.165, 1.54) is 6.92 Å². The van der Waals surface area contributed by atoms with Crippen LogP contribution in [0.3, 0.4) is 0 Å². The van der Waals surface area contributed by atoms with Crippen LogP contribution in [-0.2, 0) is 20.9 Å². The fourth-order valence-corrected chi connectivity index (χ4v) is 3.74. The third kappa shape index (κ3) is 5.00. The Labute approximate surface area is 164 Å². The van der Waals surface area contributed by atoms with E-state index in [1.807, 2.05) is 0 Å². The van der Waals surface area contributed by atoms with Crippen LogP contribution in [0.15, 0.2) is 28.2 Å². The molecule has 1 aromatic heterocycles. The zero-order chi connectivity index (χ0) is 19.4. The van der Waals surface area contributed by atoms with Crippen molar-refractivity contribution in [3.63, 3.8) is 0 Å². The van der Waals surface area contributed by atoms with Gasteiger partial charge in [0.25, 0.3) is 5.56 Å². The first-order chi connectivity index (χ1) is 12.9. The van der Waals surface area contributed by atoms with E-state index in [9.17, 15) is 14.4 Å². The molecule has 27 heavy (non-hydrogen) atoms. The summed E-state index contributed by atoms with van der Waals surface area (Å²) in [5.74, 6) is -0.786. The highest BCUT2D eigenvalue weighted by molar-refractivity contribution is 7.99. The molecule has 2 aromatic rings. The predicted molar refractivity (Wildman–Crippen MR) is 103 cm³/mol. The normalized spacial score (nSPS) is 16.4. The maximum absolute atomic E-state index is 13.0. The number of nitrogens with one attached hydrogen (secondary N) is 2. The van der Waals surface area contributed by atoms with Gasteiger partial charge in [-0.1, -0.05) is 23.4 Å². The number of amides is 2. The van der Waals surface area contributed by atoms with Crippen LogP contribution in [-0.4, -0.2) is 39.8 Å². The number of hydrogen-bond donors (Lipinski definition) is 2. The summed E-state index contributed by atoms with van der Waals surface area (Å²) >= 11 is 7.13. The first-order valence-electron chi connectivity index (χ1n) is 8.44. The van der Waals surface area contributed by atoms with Crippen molar-refractivity contribution >= 4 is 46.1 Å². The Hall–Kier alpha value is -2.10. The average Bonchev–Trinajstić information content (AvgIpc) is 3.13. The molecule has 144 valence electrons. The highest BCUT2D eigenvalue weighted by Gasteiger charge is 2.20. The number of fused-ring (bicyclic) bond motifs is 1. The second-order valence-electron chi connectivity index (χ2n) is 6.12. The van der Waals surface area contributed by atoms with Gasteiger partial charge in [-0.3, -0.25) is 29.8 Å². The number of hydrazine groups is 1. The van der Waals surface area contributed by atoms with Crippen LogP contribution in [0.2, 0.25) is 5.02 Å². The van der Waals surface area contributed by atoms with Crippen LogP contribution in [0.1, 0.15) is 19.8 Å². The minimum Gasteiger partial charge on any atom is -0.376 e. The Morgan fingerprint density at radius 1 is 1.41 bits per heavy atom. The number of ether oxygens (including phenoxy) is 1. The van der Waals surface area contributed by atoms with Crippen molar-refractivity contribution < 1.29 is 14.3 Å². The Morgan fingerprint density at radius 3 is 2.93 bits per heavy atom. The van der Waals surface area contributed by atoms with Crippen molar-refractivity contribution in [1.29, 1.82) is 0 Å². The number of carbonyl (C=O) groups is 2. The number of carbonyl (C=O) groups excluding carboxylic acids is 2. The van der Waals surface area contributed by atoms with Gasteiger partial charge in [0, 0.05) is 18.6 Å². The average molecular weight is 411 g/mol. The standard InChI is InChI=1S/C17H19ClN4O4S/c1-10(23)20-21-15(24)9-27-17-19-14-7-11(18)4-5-13(14)16(25)22(17)8-12-3-2-6-26-12/h4-5,7,12H,2-3,6,8-9H2,1H3,(H,20,23)(H,21,24)/t12-/m1/s1. The van der Waals surface area contributed by atoms with Gasteiger partial charge in [0.1, 0.15) is 0 Å². The van der Waals surface area contributed by atoms with Crippen LogP contribution >= 0.6 is 23.4 Å². The molecular weight excluding hydrogens is 392 g/mol. The topological polar surface area (TPSA) is 102 Å². The number of aromatic nitrogens is 2. The molecule has 1 atom stereocenters. The van der Waals surface area contributed by atoms with Gasteiger partial charge in [-0.25, -0.2) is 4.98 Å². The third-order valence-corrected chi connectivity index (χ3v) is 5.21. The lowest BCUT2D eigenvalue weighted by atomic mass is 10.2. The summed E-state index contributed by atoms with van der Waals surface area (Å²) < 4.78 is 7.19. The molecule has 10 heteroatoms. The van der Waals surface area contributed by atoms with Crippen molar-refractivity contribution in [3.8, 4) is 0 Å². The molecule has 1 fully saturated rings. The van der Waals surface area contributed by atoms with Crippen molar-refractivity contribution in [1.82, 2.24) is 20.4 Å². The molecule has 0 radical (unpaired) electrons. The highest BCUT2D eigenvalue weighted by atomic mass is 35.5. The van der Waals surface area contributed by atoms with Crippen LogP contribution in [0.5, 0.6) is 0 Å². The van der Waals surface area contributed by atoms with E-state index >= 15 is 0 Å². The molecule has 2 heterocycles. The summed E-state index contributed by atoms with van der Waals surface area (Å²) in [4.78, 5) is 40.2. The molecule has 0 spiro atoms. The highest BCUT2D eigenvalue weighted by Crippen LogP contribution is 2.22. The van der Waals surface area contributed by atoms with Crippen molar-refractivity contribution in [3.05, 3.63) is 33.6 Å². The number of nitrogens with zero attached hydrogens (tertiary/aromatic N) is 2. The second-order valence-corrected chi connectivity index (χ2v) is 7.50. The zero-order valence-corrected chi connectivity index (χ0v) is 16.2. The molecule has 0 bridgehead atoms. The lowest BCUT2D eigenvalue weighted by Gasteiger charge is -2.16. The Bertz CT molecular complexity index is 927. The van der Waals surface area contributed by atoms with Crippen LogP contribution in [0.4, 0.5) is 0 Å². The largest absolute Gasteiger partial charge is 0.376 e. The maximum atomic E-state index is 13.0. The van der Waals surface area contributed by atoms with E-state index in [1.54, 1.807) is 22.8 Å². The van der Waals surface area contributed by atoms with E-state index < -0.39 is 5.91 Å².